The molecule has 1 aromatic carbocycles. The van der Waals surface area contributed by atoms with E-state index in [2.05, 4.69) is 15.0 Å². The van der Waals surface area contributed by atoms with Gasteiger partial charge < -0.3 is 14.8 Å². The highest BCUT2D eigenvalue weighted by molar-refractivity contribution is 7.13. The molecule has 0 aliphatic rings. The van der Waals surface area contributed by atoms with Gasteiger partial charge in [0.1, 0.15) is 11.0 Å². The van der Waals surface area contributed by atoms with Crippen molar-refractivity contribution in [3.05, 3.63) is 41.4 Å². The largest absolute Gasteiger partial charge is 0.467 e. The number of hydrogen-bond acceptors (Lipinski definition) is 7. The Morgan fingerprint density at radius 2 is 1.89 bits per heavy atom. The second-order valence-electron chi connectivity index (χ2n) is 6.25. The first kappa shape index (κ1) is 20.6. The monoisotopic (exact) mass is 390 g/mol. The molecule has 1 heterocycles. The second-order valence-corrected chi connectivity index (χ2v) is 7.11. The lowest BCUT2D eigenvalue weighted by atomic mass is 10.0. The smallest absolute Gasteiger partial charge is 0.358 e. The minimum absolute atomic E-state index is 0.137. The average molecular weight is 390 g/mol. The van der Waals surface area contributed by atoms with Crippen molar-refractivity contribution < 1.29 is 23.9 Å². The Hall–Kier alpha value is -2.74. The first-order valence-corrected chi connectivity index (χ1v) is 9.34. The van der Waals surface area contributed by atoms with Crippen LogP contribution in [-0.2, 0) is 19.1 Å². The maximum atomic E-state index is 12.1. The highest BCUT2D eigenvalue weighted by Gasteiger charge is 2.23. The van der Waals surface area contributed by atoms with E-state index < -0.39 is 30.5 Å². The van der Waals surface area contributed by atoms with Crippen LogP contribution in [0.4, 0.5) is 0 Å². The predicted molar refractivity (Wildman–Crippen MR) is 101 cm³/mol. The van der Waals surface area contributed by atoms with Crippen molar-refractivity contribution in [2.75, 3.05) is 13.7 Å². The molecule has 0 aliphatic heterocycles. The fourth-order valence-corrected chi connectivity index (χ4v) is 3.14. The van der Waals surface area contributed by atoms with E-state index in [1.807, 2.05) is 44.2 Å². The number of carbonyl (C=O) groups is 3. The molecule has 7 nitrogen and oxygen atoms in total. The highest BCUT2D eigenvalue weighted by atomic mass is 32.1. The summed E-state index contributed by atoms with van der Waals surface area (Å²) < 4.78 is 9.68. The first-order valence-electron chi connectivity index (χ1n) is 8.46. The molecule has 0 aliphatic carbocycles. The van der Waals surface area contributed by atoms with E-state index in [4.69, 9.17) is 4.74 Å². The third-order valence-corrected chi connectivity index (χ3v) is 4.49. The molecule has 1 aromatic heterocycles. The summed E-state index contributed by atoms with van der Waals surface area (Å²) in [5.41, 5.74) is 1.03. The molecule has 1 atom stereocenters. The van der Waals surface area contributed by atoms with E-state index in [1.165, 1.54) is 18.4 Å². The molecule has 0 saturated carbocycles. The van der Waals surface area contributed by atoms with E-state index in [0.29, 0.717) is 11.4 Å². The van der Waals surface area contributed by atoms with Gasteiger partial charge in [0.25, 0.3) is 5.91 Å². The van der Waals surface area contributed by atoms with Gasteiger partial charge in [0.15, 0.2) is 12.3 Å². The van der Waals surface area contributed by atoms with Crippen molar-refractivity contribution in [2.24, 2.45) is 5.92 Å². The van der Waals surface area contributed by atoms with Crippen LogP contribution in [0.3, 0.4) is 0 Å². The highest BCUT2D eigenvalue weighted by Crippen LogP contribution is 2.23. The van der Waals surface area contributed by atoms with Crippen LogP contribution < -0.4 is 5.32 Å². The number of ether oxygens (including phenoxy) is 2. The first-order chi connectivity index (χ1) is 12.9. The number of carbonyl (C=O) groups excluding carboxylic acids is 3. The van der Waals surface area contributed by atoms with E-state index in [9.17, 15) is 14.4 Å². The topological polar surface area (TPSA) is 94.6 Å². The predicted octanol–water partition coefficient (Wildman–Crippen LogP) is 2.67. The number of hydrogen-bond donors (Lipinski definition) is 1. The molecule has 0 fully saturated rings. The molecule has 144 valence electrons. The Morgan fingerprint density at radius 3 is 2.52 bits per heavy atom. The number of benzene rings is 1. The fourth-order valence-electron chi connectivity index (χ4n) is 2.35. The van der Waals surface area contributed by atoms with Crippen LogP contribution >= 0.6 is 11.3 Å². The second kappa shape index (κ2) is 9.82. The molecular weight excluding hydrogens is 368 g/mol. The van der Waals surface area contributed by atoms with Crippen LogP contribution in [0.15, 0.2) is 35.7 Å². The van der Waals surface area contributed by atoms with Crippen molar-refractivity contribution >= 4 is 29.2 Å². The molecule has 2 rings (SSSR count). The Morgan fingerprint density at radius 1 is 1.19 bits per heavy atom. The maximum absolute atomic E-state index is 12.1. The molecule has 1 amide bonds. The van der Waals surface area contributed by atoms with E-state index >= 15 is 0 Å². The van der Waals surface area contributed by atoms with Crippen LogP contribution in [0, 0.1) is 5.92 Å². The summed E-state index contributed by atoms with van der Waals surface area (Å²) in [4.78, 5) is 40.1. The van der Waals surface area contributed by atoms with E-state index in [1.54, 1.807) is 5.38 Å². The van der Waals surface area contributed by atoms with Gasteiger partial charge in [-0.05, 0) is 12.3 Å². The summed E-state index contributed by atoms with van der Waals surface area (Å²) in [6.45, 7) is 3.35. The van der Waals surface area contributed by atoms with Crippen molar-refractivity contribution in [3.63, 3.8) is 0 Å². The number of thiazole rings is 1. The number of amides is 1. The molecule has 0 unspecified atom stereocenters. The number of rotatable bonds is 8. The molecule has 0 spiro atoms. The minimum Gasteiger partial charge on any atom is -0.467 e. The summed E-state index contributed by atoms with van der Waals surface area (Å²) in [6.07, 6.45) is 0.429. The molecule has 8 heteroatoms. The molecule has 1 N–H and O–H groups in total. The van der Waals surface area contributed by atoms with Crippen molar-refractivity contribution in [1.82, 2.24) is 10.3 Å². The fraction of sp³-hybridized carbons (Fsp3) is 0.368. The van der Waals surface area contributed by atoms with E-state index in [0.717, 1.165) is 5.56 Å². The lowest BCUT2D eigenvalue weighted by Gasteiger charge is -2.18. The van der Waals surface area contributed by atoms with Crippen LogP contribution in [0.25, 0.3) is 10.6 Å². The Balaban J connectivity index is 1.90. The SMILES string of the molecule is COC(=O)[C@@H](CC(C)C)NC(=O)COC(=O)c1csc(-c2ccccc2)n1. The van der Waals surface area contributed by atoms with Gasteiger partial charge in [0.2, 0.25) is 0 Å². The van der Waals surface area contributed by atoms with Crippen molar-refractivity contribution in [1.29, 1.82) is 0 Å². The summed E-state index contributed by atoms with van der Waals surface area (Å²) in [5, 5.41) is 4.80. The van der Waals surface area contributed by atoms with Crippen LogP contribution in [-0.4, -0.2) is 42.6 Å². The van der Waals surface area contributed by atoms with Crippen molar-refractivity contribution in [2.45, 2.75) is 26.3 Å². The summed E-state index contributed by atoms with van der Waals surface area (Å²) in [5.74, 6) is -1.61. The number of nitrogens with zero attached hydrogens (tertiary/aromatic N) is 1. The Labute approximate surface area is 161 Å². The van der Waals surface area contributed by atoms with Gasteiger partial charge in [-0.15, -0.1) is 11.3 Å². The van der Waals surface area contributed by atoms with Gasteiger partial charge in [0.05, 0.1) is 7.11 Å². The maximum Gasteiger partial charge on any atom is 0.358 e. The standard InChI is InChI=1S/C19H22N2O5S/c1-12(2)9-14(18(23)25-3)20-16(22)10-26-19(24)15-11-27-17(21-15)13-7-5-4-6-8-13/h4-8,11-12,14H,9-10H2,1-3H3,(H,20,22)/t14-/m1/s1. The minimum atomic E-state index is -0.773. The van der Waals surface area contributed by atoms with Crippen LogP contribution in [0.2, 0.25) is 0 Å². The zero-order valence-electron chi connectivity index (χ0n) is 15.4. The van der Waals surface area contributed by atoms with Crippen LogP contribution in [0.1, 0.15) is 30.8 Å². The number of methoxy groups -OCH3 is 1. The van der Waals surface area contributed by atoms with Gasteiger partial charge in [0, 0.05) is 10.9 Å². The van der Waals surface area contributed by atoms with Crippen molar-refractivity contribution in [3.8, 4) is 10.6 Å². The van der Waals surface area contributed by atoms with Gasteiger partial charge in [-0.1, -0.05) is 44.2 Å². The molecule has 0 radical (unpaired) electrons. The molecule has 0 bridgehead atoms. The molecule has 27 heavy (non-hydrogen) atoms. The normalized spacial score (nSPS) is 11.7. The zero-order chi connectivity index (χ0) is 19.8. The summed E-state index contributed by atoms with van der Waals surface area (Å²) in [7, 11) is 1.26. The Bertz CT molecular complexity index is 788. The van der Waals surface area contributed by atoms with Crippen LogP contribution in [0.5, 0.6) is 0 Å². The number of esters is 2. The van der Waals surface area contributed by atoms with Gasteiger partial charge in [-0.2, -0.15) is 0 Å². The number of nitrogens with one attached hydrogen (secondary N) is 1. The average Bonchev–Trinajstić information content (AvgIpc) is 3.15. The molecular formula is C19H22N2O5S. The lowest BCUT2D eigenvalue weighted by molar-refractivity contribution is -0.145. The zero-order valence-corrected chi connectivity index (χ0v) is 16.2. The van der Waals surface area contributed by atoms with E-state index in [-0.39, 0.29) is 11.6 Å². The number of aromatic nitrogens is 1. The lowest BCUT2D eigenvalue weighted by Crippen LogP contribution is -2.44. The van der Waals surface area contributed by atoms with Gasteiger partial charge in [-0.3, -0.25) is 4.79 Å². The summed E-state index contributed by atoms with van der Waals surface area (Å²) in [6, 6.07) is 8.67. The molecule has 2 aromatic rings. The third-order valence-electron chi connectivity index (χ3n) is 3.60. The third kappa shape index (κ3) is 6.18. The quantitative estimate of drug-likeness (QED) is 0.697. The summed E-state index contributed by atoms with van der Waals surface area (Å²) >= 11 is 1.32. The van der Waals surface area contributed by atoms with Gasteiger partial charge >= 0.3 is 11.9 Å². The Kier molecular flexibility index (Phi) is 7.48. The molecule has 0 saturated heterocycles. The van der Waals surface area contributed by atoms with Gasteiger partial charge in [-0.25, -0.2) is 14.6 Å².